The Labute approximate surface area is 91.2 Å². The lowest BCUT2D eigenvalue weighted by molar-refractivity contribution is 0.391. The first kappa shape index (κ1) is 10.7. The van der Waals surface area contributed by atoms with Gasteiger partial charge in [0.05, 0.1) is 5.69 Å². The van der Waals surface area contributed by atoms with Gasteiger partial charge >= 0.3 is 0 Å². The maximum atomic E-state index is 5.13. The van der Waals surface area contributed by atoms with Crippen molar-refractivity contribution in [3.05, 3.63) is 17.0 Å². The number of hydrogen-bond acceptors (Lipinski definition) is 3. The van der Waals surface area contributed by atoms with Gasteiger partial charge in [0.25, 0.3) is 0 Å². The highest BCUT2D eigenvalue weighted by Gasteiger charge is 2.39. The number of rotatable bonds is 5. The molecule has 1 aliphatic rings. The molecule has 84 valence electrons. The van der Waals surface area contributed by atoms with Gasteiger partial charge in [-0.05, 0) is 38.5 Å². The Hall–Kier alpha value is -0.830. The summed E-state index contributed by atoms with van der Waals surface area (Å²) in [7, 11) is 0. The largest absolute Gasteiger partial charge is 0.361 e. The van der Waals surface area contributed by atoms with Crippen LogP contribution in [0.2, 0.25) is 0 Å². The standard InChI is InChI=1S/C12H20N2O/c1-4-12(5-6-12)8-13-7-11-9(2)14-15-10(11)3/h13H,4-8H2,1-3H3. The molecule has 0 aliphatic heterocycles. The fourth-order valence-corrected chi connectivity index (χ4v) is 2.04. The molecule has 2 rings (SSSR count). The van der Waals surface area contributed by atoms with Crippen LogP contribution in [0.5, 0.6) is 0 Å². The normalized spacial score (nSPS) is 18.1. The Bertz CT molecular complexity index is 320. The topological polar surface area (TPSA) is 38.1 Å². The average Bonchev–Trinajstić information content (AvgIpc) is 2.95. The summed E-state index contributed by atoms with van der Waals surface area (Å²) in [5.74, 6) is 0.946. The van der Waals surface area contributed by atoms with Crippen molar-refractivity contribution in [2.75, 3.05) is 6.54 Å². The lowest BCUT2D eigenvalue weighted by Crippen LogP contribution is -2.23. The van der Waals surface area contributed by atoms with E-state index in [2.05, 4.69) is 17.4 Å². The van der Waals surface area contributed by atoms with E-state index in [9.17, 15) is 0 Å². The van der Waals surface area contributed by atoms with Crippen LogP contribution in [0, 0.1) is 19.3 Å². The molecule has 0 amide bonds. The molecule has 1 aromatic rings. The monoisotopic (exact) mass is 208 g/mol. The summed E-state index contributed by atoms with van der Waals surface area (Å²) in [6.45, 7) is 8.28. The van der Waals surface area contributed by atoms with Crippen molar-refractivity contribution in [3.63, 3.8) is 0 Å². The van der Waals surface area contributed by atoms with Crippen molar-refractivity contribution in [2.45, 2.75) is 46.6 Å². The third-order valence-electron chi connectivity index (χ3n) is 3.69. The number of hydrogen-bond donors (Lipinski definition) is 1. The van der Waals surface area contributed by atoms with Crippen LogP contribution in [0.1, 0.15) is 43.2 Å². The highest BCUT2D eigenvalue weighted by atomic mass is 16.5. The average molecular weight is 208 g/mol. The van der Waals surface area contributed by atoms with Crippen molar-refractivity contribution in [1.29, 1.82) is 0 Å². The van der Waals surface area contributed by atoms with Crippen molar-refractivity contribution >= 4 is 0 Å². The van der Waals surface area contributed by atoms with E-state index in [0.29, 0.717) is 5.41 Å². The summed E-state index contributed by atoms with van der Waals surface area (Å²) in [5.41, 5.74) is 2.85. The minimum Gasteiger partial charge on any atom is -0.361 e. The van der Waals surface area contributed by atoms with Gasteiger partial charge in [0.2, 0.25) is 0 Å². The maximum absolute atomic E-state index is 5.13. The smallest absolute Gasteiger partial charge is 0.138 e. The lowest BCUT2D eigenvalue weighted by Gasteiger charge is -2.12. The first-order valence-electron chi connectivity index (χ1n) is 5.79. The van der Waals surface area contributed by atoms with Gasteiger partial charge in [0.15, 0.2) is 0 Å². The Kier molecular flexibility index (Phi) is 2.83. The van der Waals surface area contributed by atoms with Gasteiger partial charge in [0, 0.05) is 18.7 Å². The summed E-state index contributed by atoms with van der Waals surface area (Å²) in [5, 5.41) is 7.48. The Balaban J connectivity index is 1.83. The second-order valence-corrected chi connectivity index (χ2v) is 4.76. The first-order valence-corrected chi connectivity index (χ1v) is 5.79. The van der Waals surface area contributed by atoms with Crippen LogP contribution in [0.15, 0.2) is 4.52 Å². The first-order chi connectivity index (χ1) is 7.17. The third-order valence-corrected chi connectivity index (χ3v) is 3.69. The maximum Gasteiger partial charge on any atom is 0.138 e. The number of nitrogens with one attached hydrogen (secondary N) is 1. The van der Waals surface area contributed by atoms with Crippen LogP contribution in [0.25, 0.3) is 0 Å². The Morgan fingerprint density at radius 1 is 1.40 bits per heavy atom. The van der Waals surface area contributed by atoms with Gasteiger partial charge in [-0.2, -0.15) is 0 Å². The van der Waals surface area contributed by atoms with E-state index < -0.39 is 0 Å². The van der Waals surface area contributed by atoms with E-state index in [4.69, 9.17) is 4.52 Å². The van der Waals surface area contributed by atoms with Crippen molar-refractivity contribution in [3.8, 4) is 0 Å². The molecule has 0 radical (unpaired) electrons. The molecule has 1 aliphatic carbocycles. The summed E-state index contributed by atoms with van der Waals surface area (Å²) < 4.78 is 5.13. The third kappa shape index (κ3) is 2.23. The number of aryl methyl sites for hydroxylation is 2. The van der Waals surface area contributed by atoms with Crippen LogP contribution in [0.3, 0.4) is 0 Å². The number of nitrogens with zero attached hydrogens (tertiary/aromatic N) is 1. The molecule has 1 saturated carbocycles. The van der Waals surface area contributed by atoms with E-state index in [1.807, 2.05) is 13.8 Å². The van der Waals surface area contributed by atoms with Gasteiger partial charge < -0.3 is 9.84 Å². The molecule has 0 spiro atoms. The Morgan fingerprint density at radius 2 is 2.13 bits per heavy atom. The fraction of sp³-hybridized carbons (Fsp3) is 0.750. The molecular weight excluding hydrogens is 188 g/mol. The number of aromatic nitrogens is 1. The van der Waals surface area contributed by atoms with Gasteiger partial charge in [-0.25, -0.2) is 0 Å². The molecule has 15 heavy (non-hydrogen) atoms. The predicted octanol–water partition coefficient (Wildman–Crippen LogP) is 2.57. The van der Waals surface area contributed by atoms with Crippen LogP contribution < -0.4 is 5.32 Å². The summed E-state index contributed by atoms with van der Waals surface area (Å²) in [4.78, 5) is 0. The zero-order valence-electron chi connectivity index (χ0n) is 9.89. The van der Waals surface area contributed by atoms with Gasteiger partial charge in [-0.15, -0.1) is 0 Å². The van der Waals surface area contributed by atoms with E-state index >= 15 is 0 Å². The second-order valence-electron chi connectivity index (χ2n) is 4.76. The van der Waals surface area contributed by atoms with Gasteiger partial charge in [-0.1, -0.05) is 12.1 Å². The molecule has 1 heterocycles. The fourth-order valence-electron chi connectivity index (χ4n) is 2.04. The van der Waals surface area contributed by atoms with Crippen LogP contribution in [0.4, 0.5) is 0 Å². The highest BCUT2D eigenvalue weighted by Crippen LogP contribution is 2.47. The molecule has 1 fully saturated rings. The zero-order valence-corrected chi connectivity index (χ0v) is 9.89. The SMILES string of the molecule is CCC1(CNCc2c(C)noc2C)CC1. The van der Waals surface area contributed by atoms with Crippen molar-refractivity contribution in [2.24, 2.45) is 5.41 Å². The van der Waals surface area contributed by atoms with E-state index in [0.717, 1.165) is 24.5 Å². The van der Waals surface area contributed by atoms with Gasteiger partial charge in [-0.3, -0.25) is 0 Å². The minimum absolute atomic E-state index is 0.610. The predicted molar refractivity (Wildman–Crippen MR) is 59.6 cm³/mol. The lowest BCUT2D eigenvalue weighted by atomic mass is 10.0. The summed E-state index contributed by atoms with van der Waals surface area (Å²) in [6.07, 6.45) is 4.07. The molecule has 1 aromatic heterocycles. The zero-order chi connectivity index (χ0) is 10.9. The molecule has 0 saturated heterocycles. The molecule has 0 atom stereocenters. The molecule has 0 unspecified atom stereocenters. The molecule has 1 N–H and O–H groups in total. The quantitative estimate of drug-likeness (QED) is 0.808. The summed E-state index contributed by atoms with van der Waals surface area (Å²) in [6, 6.07) is 0. The minimum atomic E-state index is 0.610. The highest BCUT2D eigenvalue weighted by molar-refractivity contribution is 5.20. The van der Waals surface area contributed by atoms with Crippen molar-refractivity contribution in [1.82, 2.24) is 10.5 Å². The summed E-state index contributed by atoms with van der Waals surface area (Å²) >= 11 is 0. The van der Waals surface area contributed by atoms with Crippen LogP contribution in [-0.4, -0.2) is 11.7 Å². The van der Waals surface area contributed by atoms with E-state index in [1.54, 1.807) is 0 Å². The molecule has 3 nitrogen and oxygen atoms in total. The van der Waals surface area contributed by atoms with Crippen LogP contribution >= 0.6 is 0 Å². The van der Waals surface area contributed by atoms with Crippen LogP contribution in [-0.2, 0) is 6.54 Å². The van der Waals surface area contributed by atoms with Crippen molar-refractivity contribution < 1.29 is 4.52 Å². The second kappa shape index (κ2) is 3.97. The van der Waals surface area contributed by atoms with E-state index in [-0.39, 0.29) is 0 Å². The van der Waals surface area contributed by atoms with Gasteiger partial charge in [0.1, 0.15) is 5.76 Å². The Morgan fingerprint density at radius 3 is 2.60 bits per heavy atom. The molecule has 3 heteroatoms. The molecule has 0 aromatic carbocycles. The molecule has 0 bridgehead atoms. The molecular formula is C12H20N2O. The van der Waals surface area contributed by atoms with E-state index in [1.165, 1.54) is 24.8 Å².